The summed E-state index contributed by atoms with van der Waals surface area (Å²) < 4.78 is 5.75. The highest BCUT2D eigenvalue weighted by Gasteiger charge is 2.28. The monoisotopic (exact) mass is 261 g/mol. The second-order valence-electron chi connectivity index (χ2n) is 6.53. The van der Waals surface area contributed by atoms with Crippen LogP contribution in [0, 0.1) is 12.3 Å². The molecular weight excluding hydrogens is 234 g/mol. The molecule has 0 saturated heterocycles. The fourth-order valence-electron chi connectivity index (χ4n) is 3.07. The Kier molecular flexibility index (Phi) is 4.38. The molecule has 0 bridgehead atoms. The van der Waals surface area contributed by atoms with Crippen LogP contribution in [0.3, 0.4) is 0 Å². The molecule has 19 heavy (non-hydrogen) atoms. The molecule has 2 rings (SSSR count). The number of hydrogen-bond donors (Lipinski definition) is 1. The van der Waals surface area contributed by atoms with Gasteiger partial charge in [-0.05, 0) is 56.2 Å². The highest BCUT2D eigenvalue weighted by Crippen LogP contribution is 2.37. The van der Waals surface area contributed by atoms with Gasteiger partial charge in [-0.2, -0.15) is 0 Å². The second kappa shape index (κ2) is 5.85. The van der Waals surface area contributed by atoms with Crippen LogP contribution in [-0.4, -0.2) is 12.6 Å². The van der Waals surface area contributed by atoms with Gasteiger partial charge in [-0.3, -0.25) is 0 Å². The molecule has 2 heteroatoms. The minimum atomic E-state index is 0.465. The SMILES string of the molecule is CCOc1cc(C)ccc1NC1CCCC(C)(C)C1. The zero-order valence-electron chi connectivity index (χ0n) is 12.8. The van der Waals surface area contributed by atoms with Gasteiger partial charge >= 0.3 is 0 Å². The molecule has 0 spiro atoms. The molecule has 1 unspecified atom stereocenters. The predicted molar refractivity (Wildman–Crippen MR) is 82.0 cm³/mol. The molecular formula is C17H27NO. The molecule has 1 atom stereocenters. The van der Waals surface area contributed by atoms with E-state index in [1.165, 1.54) is 31.2 Å². The summed E-state index contributed by atoms with van der Waals surface area (Å²) in [7, 11) is 0. The summed E-state index contributed by atoms with van der Waals surface area (Å²) in [6.45, 7) is 9.61. The lowest BCUT2D eigenvalue weighted by Crippen LogP contribution is -2.31. The van der Waals surface area contributed by atoms with Gasteiger partial charge in [0.2, 0.25) is 0 Å². The smallest absolute Gasteiger partial charge is 0.142 e. The lowest BCUT2D eigenvalue weighted by Gasteiger charge is -2.36. The minimum Gasteiger partial charge on any atom is -0.492 e. The van der Waals surface area contributed by atoms with Crippen molar-refractivity contribution >= 4 is 5.69 Å². The van der Waals surface area contributed by atoms with Gasteiger partial charge < -0.3 is 10.1 Å². The van der Waals surface area contributed by atoms with E-state index < -0.39 is 0 Å². The molecule has 1 saturated carbocycles. The molecule has 2 nitrogen and oxygen atoms in total. The van der Waals surface area contributed by atoms with Gasteiger partial charge in [-0.15, -0.1) is 0 Å². The van der Waals surface area contributed by atoms with Gasteiger partial charge in [0, 0.05) is 6.04 Å². The van der Waals surface area contributed by atoms with E-state index in [9.17, 15) is 0 Å². The van der Waals surface area contributed by atoms with Crippen molar-refractivity contribution in [2.75, 3.05) is 11.9 Å². The van der Waals surface area contributed by atoms with E-state index in [4.69, 9.17) is 4.74 Å². The molecule has 1 aromatic carbocycles. The van der Waals surface area contributed by atoms with Crippen LogP contribution in [0.15, 0.2) is 18.2 Å². The molecule has 0 radical (unpaired) electrons. The predicted octanol–water partition coefficient (Wildman–Crippen LogP) is 4.77. The van der Waals surface area contributed by atoms with E-state index in [-0.39, 0.29) is 0 Å². The van der Waals surface area contributed by atoms with Gasteiger partial charge in [0.1, 0.15) is 5.75 Å². The Morgan fingerprint density at radius 3 is 2.84 bits per heavy atom. The first-order valence-electron chi connectivity index (χ1n) is 7.50. The van der Waals surface area contributed by atoms with Crippen molar-refractivity contribution in [1.29, 1.82) is 0 Å². The van der Waals surface area contributed by atoms with Gasteiger partial charge in [0.25, 0.3) is 0 Å². The third-order valence-electron chi connectivity index (χ3n) is 4.00. The van der Waals surface area contributed by atoms with Gasteiger partial charge in [-0.25, -0.2) is 0 Å². The maximum atomic E-state index is 5.75. The van der Waals surface area contributed by atoms with Gasteiger partial charge in [-0.1, -0.05) is 26.3 Å². The number of rotatable bonds is 4. The first-order valence-corrected chi connectivity index (χ1v) is 7.50. The number of hydrogen-bond acceptors (Lipinski definition) is 2. The minimum absolute atomic E-state index is 0.465. The van der Waals surface area contributed by atoms with Crippen molar-refractivity contribution in [2.45, 2.75) is 59.4 Å². The Hall–Kier alpha value is -1.18. The Bertz CT molecular complexity index is 425. The normalized spacial score (nSPS) is 22.0. The van der Waals surface area contributed by atoms with Crippen molar-refractivity contribution < 1.29 is 4.74 Å². The van der Waals surface area contributed by atoms with Crippen molar-refractivity contribution in [3.05, 3.63) is 23.8 Å². The molecule has 0 aliphatic heterocycles. The van der Waals surface area contributed by atoms with Crippen molar-refractivity contribution in [3.8, 4) is 5.75 Å². The Morgan fingerprint density at radius 2 is 2.16 bits per heavy atom. The lowest BCUT2D eigenvalue weighted by atomic mass is 9.75. The van der Waals surface area contributed by atoms with E-state index in [0.29, 0.717) is 18.1 Å². The maximum Gasteiger partial charge on any atom is 0.142 e. The maximum absolute atomic E-state index is 5.75. The van der Waals surface area contributed by atoms with E-state index in [2.05, 4.69) is 44.3 Å². The van der Waals surface area contributed by atoms with Crippen LogP contribution >= 0.6 is 0 Å². The highest BCUT2D eigenvalue weighted by molar-refractivity contribution is 5.58. The topological polar surface area (TPSA) is 21.3 Å². The first kappa shape index (κ1) is 14.2. The standard InChI is InChI=1S/C17H27NO/c1-5-19-16-11-13(2)8-9-15(16)18-14-7-6-10-17(3,4)12-14/h8-9,11,14,18H,5-7,10,12H2,1-4H3. The number of ether oxygens (including phenoxy) is 1. The van der Waals surface area contributed by atoms with Crippen LogP contribution in [0.4, 0.5) is 5.69 Å². The molecule has 1 fully saturated rings. The highest BCUT2D eigenvalue weighted by atomic mass is 16.5. The lowest BCUT2D eigenvalue weighted by molar-refractivity contribution is 0.229. The van der Waals surface area contributed by atoms with Crippen LogP contribution < -0.4 is 10.1 Å². The first-order chi connectivity index (χ1) is 9.00. The molecule has 0 amide bonds. The van der Waals surface area contributed by atoms with Crippen molar-refractivity contribution in [2.24, 2.45) is 5.41 Å². The molecule has 1 N–H and O–H groups in total. The van der Waals surface area contributed by atoms with Gasteiger partial charge in [0.15, 0.2) is 0 Å². The third-order valence-corrected chi connectivity index (χ3v) is 4.00. The molecule has 0 aromatic heterocycles. The van der Waals surface area contributed by atoms with Crippen molar-refractivity contribution in [3.63, 3.8) is 0 Å². The third kappa shape index (κ3) is 3.89. The summed E-state index contributed by atoms with van der Waals surface area (Å²) in [5, 5.41) is 3.69. The molecule has 1 aliphatic rings. The number of aryl methyl sites for hydroxylation is 1. The zero-order valence-corrected chi connectivity index (χ0v) is 12.8. The Balaban J connectivity index is 2.09. The van der Waals surface area contributed by atoms with E-state index >= 15 is 0 Å². The number of nitrogens with one attached hydrogen (secondary N) is 1. The Morgan fingerprint density at radius 1 is 1.37 bits per heavy atom. The molecule has 1 aliphatic carbocycles. The van der Waals surface area contributed by atoms with Gasteiger partial charge in [0.05, 0.1) is 12.3 Å². The van der Waals surface area contributed by atoms with Crippen LogP contribution in [0.25, 0.3) is 0 Å². The summed E-state index contributed by atoms with van der Waals surface area (Å²) in [5.41, 5.74) is 2.86. The largest absolute Gasteiger partial charge is 0.492 e. The molecule has 1 aromatic rings. The van der Waals surface area contributed by atoms with Crippen molar-refractivity contribution in [1.82, 2.24) is 0 Å². The average Bonchev–Trinajstić information content (AvgIpc) is 2.32. The average molecular weight is 261 g/mol. The van der Waals surface area contributed by atoms with E-state index in [1.54, 1.807) is 0 Å². The zero-order chi connectivity index (χ0) is 13.9. The van der Waals surface area contributed by atoms with Crippen LogP contribution in [0.2, 0.25) is 0 Å². The van der Waals surface area contributed by atoms with E-state index in [0.717, 1.165) is 11.4 Å². The molecule has 106 valence electrons. The second-order valence-corrected chi connectivity index (χ2v) is 6.53. The summed E-state index contributed by atoms with van der Waals surface area (Å²) >= 11 is 0. The number of anilines is 1. The molecule has 0 heterocycles. The number of benzene rings is 1. The summed E-state index contributed by atoms with van der Waals surface area (Å²) in [6.07, 6.45) is 5.17. The fraction of sp³-hybridized carbons (Fsp3) is 0.647. The van der Waals surface area contributed by atoms with E-state index in [1.807, 2.05) is 6.92 Å². The Labute approximate surface area is 117 Å². The summed E-state index contributed by atoms with van der Waals surface area (Å²) in [6, 6.07) is 7.01. The van der Waals surface area contributed by atoms with Crippen LogP contribution in [0.1, 0.15) is 52.0 Å². The van der Waals surface area contributed by atoms with Crippen LogP contribution in [0.5, 0.6) is 5.75 Å². The summed E-state index contributed by atoms with van der Waals surface area (Å²) in [5.74, 6) is 0.992. The fourth-order valence-corrected chi connectivity index (χ4v) is 3.07. The summed E-state index contributed by atoms with van der Waals surface area (Å²) in [4.78, 5) is 0. The van der Waals surface area contributed by atoms with Crippen LogP contribution in [-0.2, 0) is 0 Å². The quantitative estimate of drug-likeness (QED) is 0.842.